The minimum atomic E-state index is -0.557. The molecular formula is C16H21Cl2NO3. The molecule has 1 fully saturated rings. The molecule has 0 spiro atoms. The van der Waals surface area contributed by atoms with Gasteiger partial charge in [-0.3, -0.25) is 0 Å². The molecule has 1 aliphatic rings. The van der Waals surface area contributed by atoms with Gasteiger partial charge in [0.25, 0.3) is 0 Å². The van der Waals surface area contributed by atoms with Crippen LogP contribution >= 0.6 is 23.2 Å². The molecule has 2 rings (SSSR count). The summed E-state index contributed by atoms with van der Waals surface area (Å²) < 4.78 is 5.41. The largest absolute Gasteiger partial charge is 0.444 e. The van der Waals surface area contributed by atoms with Gasteiger partial charge in [0.2, 0.25) is 0 Å². The number of benzene rings is 1. The number of aliphatic hydroxyl groups is 1. The fraction of sp³-hybridized carbons (Fsp3) is 0.562. The predicted molar refractivity (Wildman–Crippen MR) is 87.6 cm³/mol. The number of aliphatic hydroxyl groups excluding tert-OH is 1. The first-order valence-electron chi connectivity index (χ1n) is 7.28. The Balaban J connectivity index is 2.18. The van der Waals surface area contributed by atoms with Gasteiger partial charge in [0.1, 0.15) is 5.60 Å². The molecule has 122 valence electrons. The minimum Gasteiger partial charge on any atom is -0.444 e. The summed E-state index contributed by atoms with van der Waals surface area (Å²) in [6.45, 7) is 5.90. The highest BCUT2D eigenvalue weighted by molar-refractivity contribution is 6.42. The zero-order valence-corrected chi connectivity index (χ0v) is 14.5. The van der Waals surface area contributed by atoms with Crippen LogP contribution in [0.4, 0.5) is 4.79 Å². The molecule has 22 heavy (non-hydrogen) atoms. The monoisotopic (exact) mass is 345 g/mol. The van der Waals surface area contributed by atoms with Crippen molar-refractivity contribution < 1.29 is 14.6 Å². The third kappa shape index (κ3) is 3.86. The summed E-state index contributed by atoms with van der Waals surface area (Å²) in [7, 11) is 0. The second kappa shape index (κ2) is 6.65. The van der Waals surface area contributed by atoms with Crippen LogP contribution in [-0.4, -0.2) is 40.9 Å². The van der Waals surface area contributed by atoms with E-state index in [1.54, 1.807) is 17.0 Å². The van der Waals surface area contributed by atoms with Crippen molar-refractivity contribution in [3.63, 3.8) is 0 Å². The summed E-state index contributed by atoms with van der Waals surface area (Å²) in [5, 5.41) is 10.7. The summed E-state index contributed by atoms with van der Waals surface area (Å²) >= 11 is 12.0. The van der Waals surface area contributed by atoms with Crippen molar-refractivity contribution in [2.24, 2.45) is 0 Å². The highest BCUT2D eigenvalue weighted by Gasteiger charge is 2.39. The Hall–Kier alpha value is -0.970. The van der Waals surface area contributed by atoms with Gasteiger partial charge in [-0.25, -0.2) is 4.79 Å². The first-order valence-corrected chi connectivity index (χ1v) is 8.04. The molecule has 0 saturated carbocycles. The zero-order valence-electron chi connectivity index (χ0n) is 13.0. The molecular weight excluding hydrogens is 325 g/mol. The normalized spacial score (nSPS) is 22.0. The van der Waals surface area contributed by atoms with Gasteiger partial charge >= 0.3 is 6.09 Å². The second-order valence-electron chi connectivity index (χ2n) is 6.49. The summed E-state index contributed by atoms with van der Waals surface area (Å²) in [6.07, 6.45) is 0.358. The molecule has 6 heteroatoms. The molecule has 0 aromatic heterocycles. The summed E-state index contributed by atoms with van der Waals surface area (Å²) in [5.41, 5.74) is 0.415. The lowest BCUT2D eigenvalue weighted by Crippen LogP contribution is -2.42. The quantitative estimate of drug-likeness (QED) is 0.878. The number of hydrogen-bond acceptors (Lipinski definition) is 3. The van der Waals surface area contributed by atoms with Crippen LogP contribution in [0.3, 0.4) is 0 Å². The standard InChI is InChI=1S/C16H21Cl2NO3/c1-16(2,3)22-15(21)19-7-6-11(14(19)9-20)10-4-5-12(17)13(18)8-10/h4-5,8,11,14,20H,6-7,9H2,1-3H3/t11-,14-/m1/s1. The van der Waals surface area contributed by atoms with Crippen molar-refractivity contribution in [2.75, 3.05) is 13.2 Å². The average Bonchev–Trinajstić information content (AvgIpc) is 2.83. The topological polar surface area (TPSA) is 49.8 Å². The average molecular weight is 346 g/mol. The lowest BCUT2D eigenvalue weighted by atomic mass is 9.92. The second-order valence-corrected chi connectivity index (χ2v) is 7.31. The fourth-order valence-corrected chi connectivity index (χ4v) is 3.06. The molecule has 1 heterocycles. The van der Waals surface area contributed by atoms with Gasteiger partial charge in [0.15, 0.2) is 0 Å². The van der Waals surface area contributed by atoms with Crippen LogP contribution in [0.5, 0.6) is 0 Å². The SMILES string of the molecule is CC(C)(C)OC(=O)N1CC[C@H](c2ccc(Cl)c(Cl)c2)[C@H]1CO. The van der Waals surface area contributed by atoms with E-state index in [1.807, 2.05) is 26.8 Å². The third-order valence-electron chi connectivity index (χ3n) is 3.73. The van der Waals surface area contributed by atoms with E-state index in [1.165, 1.54) is 0 Å². The van der Waals surface area contributed by atoms with Gasteiger partial charge in [0.05, 0.1) is 22.7 Å². The molecule has 1 aliphatic heterocycles. The van der Waals surface area contributed by atoms with Crippen molar-refractivity contribution in [3.8, 4) is 0 Å². The van der Waals surface area contributed by atoms with Crippen molar-refractivity contribution in [2.45, 2.75) is 44.8 Å². The van der Waals surface area contributed by atoms with E-state index in [0.29, 0.717) is 16.6 Å². The van der Waals surface area contributed by atoms with Crippen molar-refractivity contribution in [3.05, 3.63) is 33.8 Å². The number of halogens is 2. The summed E-state index contributed by atoms with van der Waals surface area (Å²) in [5.74, 6) is 0.0206. The Morgan fingerprint density at radius 3 is 2.59 bits per heavy atom. The summed E-state index contributed by atoms with van der Waals surface area (Å²) in [4.78, 5) is 13.9. The Morgan fingerprint density at radius 1 is 1.36 bits per heavy atom. The molecule has 1 aromatic carbocycles. The van der Waals surface area contributed by atoms with E-state index < -0.39 is 11.7 Å². The minimum absolute atomic E-state index is 0.0206. The third-order valence-corrected chi connectivity index (χ3v) is 4.47. The van der Waals surface area contributed by atoms with E-state index in [2.05, 4.69) is 0 Å². The van der Waals surface area contributed by atoms with E-state index in [-0.39, 0.29) is 18.6 Å². The molecule has 2 atom stereocenters. The van der Waals surface area contributed by atoms with E-state index >= 15 is 0 Å². The molecule has 1 saturated heterocycles. The number of rotatable bonds is 2. The molecule has 4 nitrogen and oxygen atoms in total. The molecule has 0 bridgehead atoms. The maximum Gasteiger partial charge on any atom is 0.410 e. The lowest BCUT2D eigenvalue weighted by molar-refractivity contribution is 0.0165. The van der Waals surface area contributed by atoms with Crippen LogP contribution in [0, 0.1) is 0 Å². The Morgan fingerprint density at radius 2 is 2.05 bits per heavy atom. The number of carbonyl (C=O) groups is 1. The first-order chi connectivity index (χ1) is 10.2. The Kier molecular flexibility index (Phi) is 5.25. The van der Waals surface area contributed by atoms with E-state index in [4.69, 9.17) is 27.9 Å². The fourth-order valence-electron chi connectivity index (χ4n) is 2.76. The predicted octanol–water partition coefficient (Wildman–Crippen LogP) is 4.08. The number of amides is 1. The Bertz CT molecular complexity index is 557. The van der Waals surface area contributed by atoms with Gasteiger partial charge in [-0.05, 0) is 44.9 Å². The maximum absolute atomic E-state index is 12.3. The van der Waals surface area contributed by atoms with Crippen LogP contribution in [0.15, 0.2) is 18.2 Å². The smallest absolute Gasteiger partial charge is 0.410 e. The van der Waals surface area contributed by atoms with Gasteiger partial charge in [-0.2, -0.15) is 0 Å². The lowest BCUT2D eigenvalue weighted by Gasteiger charge is -2.29. The van der Waals surface area contributed by atoms with Crippen LogP contribution in [0.2, 0.25) is 10.0 Å². The number of ether oxygens (including phenoxy) is 1. The molecule has 0 aliphatic carbocycles. The number of likely N-dealkylation sites (tertiary alicyclic amines) is 1. The van der Waals surface area contributed by atoms with Crippen LogP contribution in [0.1, 0.15) is 38.7 Å². The van der Waals surface area contributed by atoms with Crippen molar-refractivity contribution in [1.29, 1.82) is 0 Å². The molecule has 1 N–H and O–H groups in total. The van der Waals surface area contributed by atoms with E-state index in [0.717, 1.165) is 12.0 Å². The van der Waals surface area contributed by atoms with Crippen LogP contribution in [-0.2, 0) is 4.74 Å². The van der Waals surface area contributed by atoms with E-state index in [9.17, 15) is 9.90 Å². The Labute approximate surface area is 141 Å². The van der Waals surface area contributed by atoms with Gasteiger partial charge in [-0.1, -0.05) is 29.3 Å². The number of hydrogen-bond donors (Lipinski definition) is 1. The summed E-state index contributed by atoms with van der Waals surface area (Å²) in [6, 6.07) is 5.12. The van der Waals surface area contributed by atoms with Crippen LogP contribution in [0.25, 0.3) is 0 Å². The maximum atomic E-state index is 12.3. The molecule has 1 aromatic rings. The zero-order chi connectivity index (χ0) is 16.5. The first kappa shape index (κ1) is 17.4. The number of nitrogens with zero attached hydrogens (tertiary/aromatic N) is 1. The highest BCUT2D eigenvalue weighted by Crippen LogP contribution is 2.36. The molecule has 1 amide bonds. The molecule has 0 unspecified atom stereocenters. The van der Waals surface area contributed by atoms with Gasteiger partial charge in [-0.15, -0.1) is 0 Å². The molecule has 0 radical (unpaired) electrons. The highest BCUT2D eigenvalue weighted by atomic mass is 35.5. The number of carbonyl (C=O) groups excluding carboxylic acids is 1. The van der Waals surface area contributed by atoms with Gasteiger partial charge in [0, 0.05) is 12.5 Å². The van der Waals surface area contributed by atoms with Crippen molar-refractivity contribution in [1.82, 2.24) is 4.90 Å². The van der Waals surface area contributed by atoms with Crippen LogP contribution < -0.4 is 0 Å². The van der Waals surface area contributed by atoms with Gasteiger partial charge < -0.3 is 14.7 Å². The van der Waals surface area contributed by atoms with Crippen molar-refractivity contribution >= 4 is 29.3 Å².